The average molecular weight is 477 g/mol. The van der Waals surface area contributed by atoms with E-state index in [9.17, 15) is 9.90 Å². The van der Waals surface area contributed by atoms with Crippen molar-refractivity contribution < 1.29 is 23.8 Å². The molecule has 0 spiro atoms. The normalized spacial score (nSPS) is 10.7. The number of unbranched alkanes of at least 4 members (excludes halogenated alkanes) is 2. The SMILES string of the molecule is C=CC(=O)OCCOc1cc(-c2ccc(-c3ccc(CCCCC)cc3)cc2F)ccc1CCO. The van der Waals surface area contributed by atoms with E-state index >= 15 is 4.39 Å². The van der Waals surface area contributed by atoms with Crippen molar-refractivity contribution in [2.24, 2.45) is 0 Å². The van der Waals surface area contributed by atoms with Crippen molar-refractivity contribution in [1.29, 1.82) is 0 Å². The lowest BCUT2D eigenvalue weighted by Gasteiger charge is -2.14. The topological polar surface area (TPSA) is 55.8 Å². The van der Waals surface area contributed by atoms with Gasteiger partial charge in [-0.1, -0.05) is 74.9 Å². The lowest BCUT2D eigenvalue weighted by molar-refractivity contribution is -0.138. The first-order valence-corrected chi connectivity index (χ1v) is 12.1. The van der Waals surface area contributed by atoms with Crippen LogP contribution >= 0.6 is 0 Å². The fraction of sp³-hybridized carbons (Fsp3) is 0.300. The Kier molecular flexibility index (Phi) is 10.1. The number of halogens is 1. The van der Waals surface area contributed by atoms with Gasteiger partial charge in [0.1, 0.15) is 24.8 Å². The smallest absolute Gasteiger partial charge is 0.330 e. The first-order valence-electron chi connectivity index (χ1n) is 12.1. The summed E-state index contributed by atoms with van der Waals surface area (Å²) in [6.07, 6.45) is 6.17. The minimum absolute atomic E-state index is 0.0401. The summed E-state index contributed by atoms with van der Waals surface area (Å²) in [4.78, 5) is 11.2. The van der Waals surface area contributed by atoms with E-state index in [1.165, 1.54) is 24.8 Å². The Morgan fingerprint density at radius 3 is 2.37 bits per heavy atom. The highest BCUT2D eigenvalue weighted by Gasteiger charge is 2.12. The number of benzene rings is 3. The van der Waals surface area contributed by atoms with E-state index < -0.39 is 5.97 Å². The molecule has 0 aliphatic carbocycles. The van der Waals surface area contributed by atoms with Crippen LogP contribution in [0.1, 0.15) is 37.3 Å². The Labute approximate surface area is 207 Å². The summed E-state index contributed by atoms with van der Waals surface area (Å²) in [6, 6.07) is 19.0. The van der Waals surface area contributed by atoms with Gasteiger partial charge in [0.15, 0.2) is 0 Å². The van der Waals surface area contributed by atoms with Crippen molar-refractivity contribution in [2.75, 3.05) is 19.8 Å². The van der Waals surface area contributed by atoms with Gasteiger partial charge >= 0.3 is 5.97 Å². The largest absolute Gasteiger partial charge is 0.490 e. The van der Waals surface area contributed by atoms with Gasteiger partial charge in [-0.2, -0.15) is 0 Å². The third-order valence-electron chi connectivity index (χ3n) is 5.84. The summed E-state index contributed by atoms with van der Waals surface area (Å²) < 4.78 is 25.9. The van der Waals surface area contributed by atoms with E-state index in [-0.39, 0.29) is 25.6 Å². The number of carbonyl (C=O) groups is 1. The molecular formula is C30H33FO4. The number of hydrogen-bond acceptors (Lipinski definition) is 4. The second-order valence-corrected chi connectivity index (χ2v) is 8.36. The summed E-state index contributed by atoms with van der Waals surface area (Å²) in [7, 11) is 0. The summed E-state index contributed by atoms with van der Waals surface area (Å²) in [5, 5.41) is 9.36. The van der Waals surface area contributed by atoms with Crippen LogP contribution in [0.2, 0.25) is 0 Å². The second-order valence-electron chi connectivity index (χ2n) is 8.36. The zero-order valence-electron chi connectivity index (χ0n) is 20.3. The van der Waals surface area contributed by atoms with E-state index in [0.29, 0.717) is 23.3 Å². The van der Waals surface area contributed by atoms with Crippen LogP contribution in [0.3, 0.4) is 0 Å². The van der Waals surface area contributed by atoms with Crippen LogP contribution in [0.25, 0.3) is 22.3 Å². The number of rotatable bonds is 13. The highest BCUT2D eigenvalue weighted by Crippen LogP contribution is 2.32. The highest BCUT2D eigenvalue weighted by molar-refractivity contribution is 5.81. The molecule has 0 saturated heterocycles. The Balaban J connectivity index is 1.76. The molecule has 3 aromatic rings. The summed E-state index contributed by atoms with van der Waals surface area (Å²) in [5.41, 5.74) is 5.02. The molecule has 1 N–H and O–H groups in total. The number of ether oxygens (including phenoxy) is 2. The Bertz CT molecular complexity index is 1120. The number of aliphatic hydroxyl groups excluding tert-OH is 1. The molecule has 3 aromatic carbocycles. The Morgan fingerprint density at radius 1 is 0.943 bits per heavy atom. The maximum atomic E-state index is 15.2. The molecule has 0 bridgehead atoms. The molecule has 4 nitrogen and oxygen atoms in total. The van der Waals surface area contributed by atoms with Crippen molar-refractivity contribution in [3.05, 3.63) is 90.3 Å². The fourth-order valence-electron chi connectivity index (χ4n) is 3.91. The van der Waals surface area contributed by atoms with Gasteiger partial charge < -0.3 is 14.6 Å². The average Bonchev–Trinajstić information content (AvgIpc) is 2.88. The van der Waals surface area contributed by atoms with Gasteiger partial charge in [-0.25, -0.2) is 9.18 Å². The summed E-state index contributed by atoms with van der Waals surface area (Å²) >= 11 is 0. The van der Waals surface area contributed by atoms with Gasteiger partial charge in [0.05, 0.1) is 0 Å². The third kappa shape index (κ3) is 7.52. The van der Waals surface area contributed by atoms with Gasteiger partial charge in [-0.15, -0.1) is 0 Å². The van der Waals surface area contributed by atoms with E-state index in [0.717, 1.165) is 29.2 Å². The first-order chi connectivity index (χ1) is 17.0. The van der Waals surface area contributed by atoms with Crippen LogP contribution in [0.15, 0.2) is 73.3 Å². The summed E-state index contributed by atoms with van der Waals surface area (Å²) in [6.45, 7) is 5.71. The highest BCUT2D eigenvalue weighted by atomic mass is 19.1. The molecule has 0 radical (unpaired) electrons. The molecule has 0 saturated carbocycles. The number of hydrogen-bond donors (Lipinski definition) is 1. The standard InChI is InChI=1S/C30H33FO4/c1-3-5-6-7-22-8-10-23(11-9-22)25-14-15-27(28(31)20-25)26-13-12-24(16-17-32)29(21-26)34-18-19-35-30(33)4-2/h4,8-15,20-21,32H,2-3,5-7,16-19H2,1H3. The van der Waals surface area contributed by atoms with Gasteiger partial charge in [-0.05, 0) is 59.2 Å². The molecular weight excluding hydrogens is 443 g/mol. The quantitative estimate of drug-likeness (QED) is 0.173. The summed E-state index contributed by atoms with van der Waals surface area (Å²) in [5.74, 6) is -0.324. The minimum atomic E-state index is -0.522. The fourth-order valence-corrected chi connectivity index (χ4v) is 3.91. The van der Waals surface area contributed by atoms with Crippen LogP contribution < -0.4 is 4.74 Å². The van der Waals surface area contributed by atoms with Crippen LogP contribution in [-0.2, 0) is 22.4 Å². The predicted octanol–water partition coefficient (Wildman–Crippen LogP) is 6.54. The lowest BCUT2D eigenvalue weighted by atomic mass is 9.97. The maximum Gasteiger partial charge on any atom is 0.330 e. The molecule has 3 rings (SSSR count). The molecule has 0 unspecified atom stereocenters. The third-order valence-corrected chi connectivity index (χ3v) is 5.84. The van der Waals surface area contributed by atoms with Gasteiger partial charge in [0.2, 0.25) is 0 Å². The molecule has 0 heterocycles. The van der Waals surface area contributed by atoms with E-state index in [1.54, 1.807) is 18.2 Å². The van der Waals surface area contributed by atoms with E-state index in [4.69, 9.17) is 9.47 Å². The van der Waals surface area contributed by atoms with Crippen LogP contribution in [0.5, 0.6) is 5.75 Å². The number of aliphatic hydroxyl groups is 1. The molecule has 0 atom stereocenters. The Morgan fingerprint density at radius 2 is 1.69 bits per heavy atom. The van der Waals surface area contributed by atoms with Crippen LogP contribution in [0.4, 0.5) is 4.39 Å². The zero-order valence-corrected chi connectivity index (χ0v) is 20.3. The maximum absolute atomic E-state index is 15.2. The minimum Gasteiger partial charge on any atom is -0.490 e. The van der Waals surface area contributed by atoms with Crippen molar-refractivity contribution in [3.63, 3.8) is 0 Å². The van der Waals surface area contributed by atoms with E-state index in [2.05, 4.69) is 25.6 Å². The molecule has 5 heteroatoms. The van der Waals surface area contributed by atoms with Crippen LogP contribution in [0, 0.1) is 5.82 Å². The zero-order chi connectivity index (χ0) is 25.0. The molecule has 0 fully saturated rings. The van der Waals surface area contributed by atoms with E-state index in [1.807, 2.05) is 30.3 Å². The van der Waals surface area contributed by atoms with Gasteiger partial charge in [-0.3, -0.25) is 0 Å². The van der Waals surface area contributed by atoms with Gasteiger partial charge in [0, 0.05) is 18.2 Å². The number of aryl methyl sites for hydroxylation is 1. The predicted molar refractivity (Wildman–Crippen MR) is 138 cm³/mol. The van der Waals surface area contributed by atoms with Crippen molar-refractivity contribution in [3.8, 4) is 28.0 Å². The molecule has 0 aliphatic heterocycles. The second kappa shape index (κ2) is 13.4. The van der Waals surface area contributed by atoms with Crippen molar-refractivity contribution in [1.82, 2.24) is 0 Å². The molecule has 0 aromatic heterocycles. The number of carbonyl (C=O) groups excluding carboxylic acids is 1. The van der Waals surface area contributed by atoms with Crippen molar-refractivity contribution >= 4 is 5.97 Å². The molecule has 184 valence electrons. The molecule has 0 amide bonds. The number of esters is 1. The monoisotopic (exact) mass is 476 g/mol. The lowest BCUT2D eigenvalue weighted by Crippen LogP contribution is -2.11. The molecule has 0 aliphatic rings. The Hall–Kier alpha value is -3.44. The van der Waals surface area contributed by atoms with Crippen LogP contribution in [-0.4, -0.2) is 30.9 Å². The van der Waals surface area contributed by atoms with Crippen molar-refractivity contribution in [2.45, 2.75) is 39.0 Å². The molecule has 35 heavy (non-hydrogen) atoms. The van der Waals surface area contributed by atoms with Gasteiger partial charge in [0.25, 0.3) is 0 Å². The first kappa shape index (κ1) is 26.2.